The molecule has 27 heavy (non-hydrogen) atoms. The fourth-order valence-corrected chi connectivity index (χ4v) is 4.05. The molecule has 138 valence electrons. The summed E-state index contributed by atoms with van der Waals surface area (Å²) in [6, 6.07) is 14.3. The molecular weight excluding hydrogens is 356 g/mol. The number of benzene rings is 1. The quantitative estimate of drug-likeness (QED) is 0.501. The Morgan fingerprint density at radius 2 is 1.93 bits per heavy atom. The van der Waals surface area contributed by atoms with Crippen molar-refractivity contribution in [2.45, 2.75) is 19.5 Å². The van der Waals surface area contributed by atoms with Crippen molar-refractivity contribution in [1.29, 1.82) is 0 Å². The van der Waals surface area contributed by atoms with Crippen molar-refractivity contribution in [2.75, 3.05) is 19.4 Å². The Kier molecular flexibility index (Phi) is 4.92. The molecule has 0 spiro atoms. The van der Waals surface area contributed by atoms with E-state index in [4.69, 9.17) is 14.4 Å². The zero-order valence-corrected chi connectivity index (χ0v) is 16.5. The van der Waals surface area contributed by atoms with Gasteiger partial charge in [-0.3, -0.25) is 0 Å². The van der Waals surface area contributed by atoms with Crippen molar-refractivity contribution >= 4 is 27.4 Å². The van der Waals surface area contributed by atoms with Crippen LogP contribution in [0, 0.1) is 0 Å². The van der Waals surface area contributed by atoms with Crippen molar-refractivity contribution in [3.8, 4) is 11.1 Å². The first-order valence-corrected chi connectivity index (χ1v) is 9.78. The molecule has 1 atom stereocenters. The summed E-state index contributed by atoms with van der Waals surface area (Å²) in [7, 11) is 4.05. The first-order chi connectivity index (χ1) is 13.1. The molecule has 0 amide bonds. The molecule has 1 aromatic carbocycles. The van der Waals surface area contributed by atoms with Gasteiger partial charge in [-0.25, -0.2) is 9.97 Å². The van der Waals surface area contributed by atoms with Crippen LogP contribution in [0.1, 0.15) is 24.6 Å². The van der Waals surface area contributed by atoms with Gasteiger partial charge in [0.15, 0.2) is 0 Å². The van der Waals surface area contributed by atoms with Gasteiger partial charge in [0.2, 0.25) is 0 Å². The van der Waals surface area contributed by atoms with Crippen molar-refractivity contribution in [2.24, 2.45) is 0 Å². The zero-order chi connectivity index (χ0) is 18.8. The fraction of sp³-hybridized carbons (Fsp3) is 0.238. The van der Waals surface area contributed by atoms with Gasteiger partial charge in [-0.05, 0) is 38.7 Å². The minimum absolute atomic E-state index is 0.00818. The molecule has 3 aromatic heterocycles. The van der Waals surface area contributed by atoms with Gasteiger partial charge in [0, 0.05) is 10.9 Å². The third-order valence-electron chi connectivity index (χ3n) is 4.35. The Morgan fingerprint density at radius 3 is 2.63 bits per heavy atom. The van der Waals surface area contributed by atoms with E-state index in [0.29, 0.717) is 6.54 Å². The average molecular weight is 379 g/mol. The van der Waals surface area contributed by atoms with Crippen LogP contribution in [0.15, 0.2) is 58.5 Å². The predicted molar refractivity (Wildman–Crippen MR) is 111 cm³/mol. The molecule has 5 nitrogen and oxygen atoms in total. The molecule has 4 rings (SSSR count). The van der Waals surface area contributed by atoms with E-state index in [1.165, 1.54) is 5.56 Å². The van der Waals surface area contributed by atoms with Crippen LogP contribution in [-0.2, 0) is 6.54 Å². The molecule has 0 aliphatic rings. The first-order valence-electron chi connectivity index (χ1n) is 8.90. The van der Waals surface area contributed by atoms with Crippen LogP contribution >= 0.6 is 11.3 Å². The number of aromatic nitrogens is 2. The van der Waals surface area contributed by atoms with Crippen molar-refractivity contribution in [3.05, 3.63) is 65.7 Å². The molecular formula is C21H22N4OS. The molecule has 0 radical (unpaired) electrons. The SMILES string of the molecule is CC(Nc1nc(CN(C)C)nc2scc(-c3ccccc3)c12)c1ccco1. The summed E-state index contributed by atoms with van der Waals surface area (Å²) in [6.07, 6.45) is 1.69. The maximum Gasteiger partial charge on any atom is 0.146 e. The number of anilines is 1. The van der Waals surface area contributed by atoms with Gasteiger partial charge in [-0.15, -0.1) is 11.3 Å². The maximum atomic E-state index is 5.56. The van der Waals surface area contributed by atoms with E-state index < -0.39 is 0 Å². The van der Waals surface area contributed by atoms with Crippen LogP contribution in [0.3, 0.4) is 0 Å². The molecule has 1 unspecified atom stereocenters. The number of hydrogen-bond acceptors (Lipinski definition) is 6. The lowest BCUT2D eigenvalue weighted by Crippen LogP contribution is -2.15. The number of furan rings is 1. The van der Waals surface area contributed by atoms with Gasteiger partial charge in [-0.1, -0.05) is 30.3 Å². The van der Waals surface area contributed by atoms with Crippen LogP contribution in [-0.4, -0.2) is 29.0 Å². The van der Waals surface area contributed by atoms with E-state index in [2.05, 4.69) is 46.8 Å². The Balaban J connectivity index is 1.83. The van der Waals surface area contributed by atoms with Crippen LogP contribution in [0.25, 0.3) is 21.3 Å². The Bertz CT molecular complexity index is 1030. The van der Waals surface area contributed by atoms with E-state index in [1.54, 1.807) is 17.6 Å². The molecule has 0 fully saturated rings. The molecule has 3 heterocycles. The van der Waals surface area contributed by atoms with Gasteiger partial charge < -0.3 is 14.6 Å². The highest BCUT2D eigenvalue weighted by atomic mass is 32.1. The molecule has 0 saturated heterocycles. The molecule has 0 aliphatic carbocycles. The third kappa shape index (κ3) is 3.72. The topological polar surface area (TPSA) is 54.2 Å². The van der Waals surface area contributed by atoms with Crippen molar-refractivity contribution in [3.63, 3.8) is 0 Å². The number of thiophene rings is 1. The Hall–Kier alpha value is -2.70. The van der Waals surface area contributed by atoms with Gasteiger partial charge in [0.05, 0.1) is 24.2 Å². The molecule has 0 bridgehead atoms. The third-order valence-corrected chi connectivity index (χ3v) is 5.22. The van der Waals surface area contributed by atoms with E-state index in [9.17, 15) is 0 Å². The van der Waals surface area contributed by atoms with Gasteiger partial charge >= 0.3 is 0 Å². The van der Waals surface area contributed by atoms with E-state index in [1.807, 2.05) is 32.3 Å². The minimum Gasteiger partial charge on any atom is -0.467 e. The molecule has 1 N–H and O–H groups in total. The number of rotatable bonds is 6. The van der Waals surface area contributed by atoms with Crippen molar-refractivity contribution < 1.29 is 4.42 Å². The lowest BCUT2D eigenvalue weighted by Gasteiger charge is -2.16. The van der Waals surface area contributed by atoms with E-state index in [0.717, 1.165) is 33.2 Å². The second kappa shape index (κ2) is 7.50. The first kappa shape index (κ1) is 17.7. The molecule has 6 heteroatoms. The van der Waals surface area contributed by atoms with Crippen LogP contribution in [0.4, 0.5) is 5.82 Å². The van der Waals surface area contributed by atoms with Crippen LogP contribution in [0.2, 0.25) is 0 Å². The average Bonchev–Trinajstić information content (AvgIpc) is 3.32. The fourth-order valence-electron chi connectivity index (χ4n) is 3.09. The summed E-state index contributed by atoms with van der Waals surface area (Å²) in [5.74, 6) is 2.54. The van der Waals surface area contributed by atoms with Crippen LogP contribution in [0.5, 0.6) is 0 Å². The summed E-state index contributed by atoms with van der Waals surface area (Å²) in [4.78, 5) is 12.7. The monoisotopic (exact) mass is 378 g/mol. The smallest absolute Gasteiger partial charge is 0.146 e. The van der Waals surface area contributed by atoms with Crippen molar-refractivity contribution in [1.82, 2.24) is 14.9 Å². The minimum atomic E-state index is 0.00818. The molecule has 0 saturated carbocycles. The highest BCUT2D eigenvalue weighted by Gasteiger charge is 2.18. The highest BCUT2D eigenvalue weighted by Crippen LogP contribution is 2.38. The standard InChI is InChI=1S/C21H22N4OS/c1-14(17-10-7-11-26-17)22-20-19-16(15-8-5-4-6-9-15)13-27-21(19)24-18(23-20)12-25(2)3/h4-11,13-14H,12H2,1-3H3,(H,22,23,24). The Morgan fingerprint density at radius 1 is 1.11 bits per heavy atom. The lowest BCUT2D eigenvalue weighted by atomic mass is 10.1. The molecule has 0 aliphatic heterocycles. The Labute approximate surface area is 162 Å². The molecule has 4 aromatic rings. The second-order valence-electron chi connectivity index (χ2n) is 6.80. The summed E-state index contributed by atoms with van der Waals surface area (Å²) in [6.45, 7) is 2.77. The maximum absolute atomic E-state index is 5.56. The largest absolute Gasteiger partial charge is 0.467 e. The summed E-state index contributed by atoms with van der Waals surface area (Å²) in [5.41, 5.74) is 2.32. The number of fused-ring (bicyclic) bond motifs is 1. The van der Waals surface area contributed by atoms with Crippen LogP contribution < -0.4 is 5.32 Å². The lowest BCUT2D eigenvalue weighted by molar-refractivity contribution is 0.391. The summed E-state index contributed by atoms with van der Waals surface area (Å²) < 4.78 is 5.56. The second-order valence-corrected chi connectivity index (χ2v) is 7.66. The number of nitrogens with zero attached hydrogens (tertiary/aromatic N) is 3. The number of hydrogen-bond donors (Lipinski definition) is 1. The normalized spacial score (nSPS) is 12.6. The van der Waals surface area contributed by atoms with Gasteiger partial charge in [-0.2, -0.15) is 0 Å². The summed E-state index contributed by atoms with van der Waals surface area (Å²) in [5, 5.41) is 6.77. The van der Waals surface area contributed by atoms with Gasteiger partial charge in [0.25, 0.3) is 0 Å². The van der Waals surface area contributed by atoms with E-state index >= 15 is 0 Å². The zero-order valence-electron chi connectivity index (χ0n) is 15.6. The highest BCUT2D eigenvalue weighted by molar-refractivity contribution is 7.17. The predicted octanol–water partition coefficient (Wildman–Crippen LogP) is 5.19. The van der Waals surface area contributed by atoms with E-state index in [-0.39, 0.29) is 6.04 Å². The van der Waals surface area contributed by atoms with Gasteiger partial charge in [0.1, 0.15) is 22.2 Å². The summed E-state index contributed by atoms with van der Waals surface area (Å²) >= 11 is 1.66. The number of nitrogens with one attached hydrogen (secondary N) is 1.